The smallest absolute Gasteiger partial charge is 0.160 e. The van der Waals surface area contributed by atoms with Crippen LogP contribution in [0.1, 0.15) is 18.2 Å². The molecule has 0 fully saturated rings. The van der Waals surface area contributed by atoms with E-state index in [1.807, 2.05) is 49.4 Å². The van der Waals surface area contributed by atoms with Gasteiger partial charge in [0.25, 0.3) is 0 Å². The van der Waals surface area contributed by atoms with Crippen LogP contribution in [-0.4, -0.2) is 9.97 Å². The molecule has 0 spiro atoms. The number of hydrogen-bond acceptors (Lipinski definition) is 2. The molecule has 0 bridgehead atoms. The molecule has 0 aliphatic carbocycles. The molecule has 0 aliphatic heterocycles. The Morgan fingerprint density at radius 2 is 1.65 bits per heavy atom. The van der Waals surface area contributed by atoms with Gasteiger partial charge in [0.05, 0.1) is 11.4 Å². The first-order chi connectivity index (χ1) is 12.7. The Hall–Kier alpha value is -3.26. The van der Waals surface area contributed by atoms with Crippen molar-refractivity contribution in [1.82, 2.24) is 9.97 Å². The van der Waals surface area contributed by atoms with Gasteiger partial charge in [0, 0.05) is 11.1 Å². The van der Waals surface area contributed by atoms with Crippen molar-refractivity contribution in [1.29, 1.82) is 0 Å². The van der Waals surface area contributed by atoms with Crippen LogP contribution in [0.5, 0.6) is 0 Å². The van der Waals surface area contributed by atoms with Gasteiger partial charge in [-0.25, -0.2) is 9.97 Å². The van der Waals surface area contributed by atoms with Gasteiger partial charge in [-0.2, -0.15) is 0 Å². The van der Waals surface area contributed by atoms with E-state index in [2.05, 4.69) is 49.9 Å². The fraction of sp³-hybridized carbons (Fsp3) is 0.0833. The summed E-state index contributed by atoms with van der Waals surface area (Å²) >= 11 is 0. The van der Waals surface area contributed by atoms with Crippen molar-refractivity contribution < 1.29 is 0 Å². The second-order valence-corrected chi connectivity index (χ2v) is 6.05. The number of aryl methyl sites for hydroxylation is 1. The van der Waals surface area contributed by atoms with Gasteiger partial charge in [0.1, 0.15) is 0 Å². The number of hydrogen-bond donors (Lipinski definition) is 0. The van der Waals surface area contributed by atoms with Crippen LogP contribution in [0.25, 0.3) is 28.2 Å². The minimum absolute atomic E-state index is 0.723. The SMILES string of the molecule is C=C/C=C(\C=C/C)c1cc(-c2ccccc2)nc(-c2ccc(C)cc2)n1. The Bertz CT molecular complexity index is 949. The van der Waals surface area contributed by atoms with Crippen LogP contribution >= 0.6 is 0 Å². The summed E-state index contributed by atoms with van der Waals surface area (Å²) in [7, 11) is 0. The topological polar surface area (TPSA) is 25.8 Å². The molecule has 0 atom stereocenters. The molecule has 2 nitrogen and oxygen atoms in total. The molecule has 1 heterocycles. The highest BCUT2D eigenvalue weighted by Crippen LogP contribution is 2.26. The maximum absolute atomic E-state index is 4.82. The van der Waals surface area contributed by atoms with E-state index in [0.29, 0.717) is 0 Å². The average molecular weight is 338 g/mol. The summed E-state index contributed by atoms with van der Waals surface area (Å²) in [6.07, 6.45) is 7.80. The molecule has 0 radical (unpaired) electrons. The van der Waals surface area contributed by atoms with Crippen LogP contribution in [0, 0.1) is 6.92 Å². The zero-order chi connectivity index (χ0) is 18.4. The van der Waals surface area contributed by atoms with E-state index < -0.39 is 0 Å². The normalized spacial score (nSPS) is 11.7. The van der Waals surface area contributed by atoms with Gasteiger partial charge in [0.15, 0.2) is 5.82 Å². The second-order valence-electron chi connectivity index (χ2n) is 6.05. The van der Waals surface area contributed by atoms with Crippen molar-refractivity contribution in [3.63, 3.8) is 0 Å². The summed E-state index contributed by atoms with van der Waals surface area (Å²) in [4.78, 5) is 9.64. The number of benzene rings is 2. The van der Waals surface area contributed by atoms with Crippen LogP contribution in [0.15, 0.2) is 91.5 Å². The molecule has 0 N–H and O–H groups in total. The third kappa shape index (κ3) is 4.04. The maximum atomic E-state index is 4.82. The lowest BCUT2D eigenvalue weighted by Crippen LogP contribution is -1.97. The van der Waals surface area contributed by atoms with E-state index in [1.165, 1.54) is 5.56 Å². The standard InChI is InChI=1S/C24H22N2/c1-4-9-19(10-5-2)22-17-23(20-11-7-6-8-12-20)26-24(25-22)21-15-13-18(3)14-16-21/h4-17H,1H2,2-3H3/b10-5-,19-9+. The van der Waals surface area contributed by atoms with Gasteiger partial charge < -0.3 is 0 Å². The van der Waals surface area contributed by atoms with Crippen molar-refractivity contribution in [2.24, 2.45) is 0 Å². The summed E-state index contributed by atoms with van der Waals surface area (Å²) in [6, 6.07) is 20.5. The van der Waals surface area contributed by atoms with Gasteiger partial charge in [-0.3, -0.25) is 0 Å². The Morgan fingerprint density at radius 3 is 2.31 bits per heavy atom. The van der Waals surface area contributed by atoms with Crippen LogP contribution in [-0.2, 0) is 0 Å². The quantitative estimate of drug-likeness (QED) is 0.513. The largest absolute Gasteiger partial charge is 0.228 e. The molecule has 3 aromatic rings. The molecule has 3 rings (SSSR count). The van der Waals surface area contributed by atoms with E-state index in [1.54, 1.807) is 6.08 Å². The maximum Gasteiger partial charge on any atom is 0.160 e. The third-order valence-corrected chi connectivity index (χ3v) is 4.04. The predicted molar refractivity (Wildman–Crippen MR) is 111 cm³/mol. The molecule has 0 unspecified atom stereocenters. The van der Waals surface area contributed by atoms with E-state index in [0.717, 1.165) is 33.9 Å². The first-order valence-electron chi connectivity index (χ1n) is 8.68. The van der Waals surface area contributed by atoms with E-state index in [9.17, 15) is 0 Å². The molecule has 1 aromatic heterocycles. The molecule has 0 aliphatic rings. The lowest BCUT2D eigenvalue weighted by Gasteiger charge is -2.10. The van der Waals surface area contributed by atoms with Gasteiger partial charge in [0.2, 0.25) is 0 Å². The molecule has 26 heavy (non-hydrogen) atoms. The first-order valence-corrected chi connectivity index (χ1v) is 8.68. The first kappa shape index (κ1) is 17.6. The van der Waals surface area contributed by atoms with Crippen molar-refractivity contribution in [3.8, 4) is 22.6 Å². The highest BCUT2D eigenvalue weighted by Gasteiger charge is 2.10. The molecule has 0 amide bonds. The average Bonchev–Trinajstić information content (AvgIpc) is 2.69. The summed E-state index contributed by atoms with van der Waals surface area (Å²) < 4.78 is 0. The Morgan fingerprint density at radius 1 is 0.923 bits per heavy atom. The number of allylic oxidation sites excluding steroid dienone is 5. The third-order valence-electron chi connectivity index (χ3n) is 4.04. The molecule has 128 valence electrons. The van der Waals surface area contributed by atoms with Crippen LogP contribution in [0.3, 0.4) is 0 Å². The lowest BCUT2D eigenvalue weighted by atomic mass is 10.1. The second kappa shape index (κ2) is 8.21. The summed E-state index contributed by atoms with van der Waals surface area (Å²) in [5.41, 5.74) is 6.10. The molecular weight excluding hydrogens is 316 g/mol. The number of nitrogens with zero attached hydrogens (tertiary/aromatic N) is 2. The zero-order valence-corrected chi connectivity index (χ0v) is 15.2. The highest BCUT2D eigenvalue weighted by molar-refractivity contribution is 5.77. The van der Waals surface area contributed by atoms with Gasteiger partial charge in [-0.05, 0) is 25.5 Å². The molecular formula is C24H22N2. The summed E-state index contributed by atoms with van der Waals surface area (Å²) in [5.74, 6) is 0.723. The minimum atomic E-state index is 0.723. The van der Waals surface area contributed by atoms with Crippen LogP contribution in [0.2, 0.25) is 0 Å². The lowest BCUT2D eigenvalue weighted by molar-refractivity contribution is 1.16. The molecule has 0 saturated heterocycles. The zero-order valence-electron chi connectivity index (χ0n) is 15.2. The molecule has 0 saturated carbocycles. The fourth-order valence-electron chi connectivity index (χ4n) is 2.72. The highest BCUT2D eigenvalue weighted by atomic mass is 14.9. The summed E-state index contributed by atoms with van der Waals surface area (Å²) in [5, 5.41) is 0. The fourth-order valence-corrected chi connectivity index (χ4v) is 2.72. The van der Waals surface area contributed by atoms with Crippen molar-refractivity contribution >= 4 is 5.57 Å². The Kier molecular flexibility index (Phi) is 5.55. The Labute approximate surface area is 155 Å². The van der Waals surface area contributed by atoms with E-state index >= 15 is 0 Å². The van der Waals surface area contributed by atoms with Crippen molar-refractivity contribution in [2.75, 3.05) is 0 Å². The number of aromatic nitrogens is 2. The molecule has 2 heteroatoms. The minimum Gasteiger partial charge on any atom is -0.228 e. The van der Waals surface area contributed by atoms with Crippen molar-refractivity contribution in [3.05, 3.63) is 103 Å². The Balaban J connectivity index is 2.21. The monoisotopic (exact) mass is 338 g/mol. The van der Waals surface area contributed by atoms with Crippen LogP contribution in [0.4, 0.5) is 0 Å². The van der Waals surface area contributed by atoms with Gasteiger partial charge >= 0.3 is 0 Å². The summed E-state index contributed by atoms with van der Waals surface area (Å²) in [6.45, 7) is 7.90. The molecule has 2 aromatic carbocycles. The van der Waals surface area contributed by atoms with E-state index in [-0.39, 0.29) is 0 Å². The predicted octanol–water partition coefficient (Wildman–Crippen LogP) is 6.26. The number of rotatable bonds is 5. The van der Waals surface area contributed by atoms with Gasteiger partial charge in [-0.15, -0.1) is 0 Å². The van der Waals surface area contributed by atoms with Crippen molar-refractivity contribution in [2.45, 2.75) is 13.8 Å². The van der Waals surface area contributed by atoms with Crippen LogP contribution < -0.4 is 0 Å². The van der Waals surface area contributed by atoms with Gasteiger partial charge in [-0.1, -0.05) is 91.0 Å². The van der Waals surface area contributed by atoms with E-state index in [4.69, 9.17) is 9.97 Å².